The van der Waals surface area contributed by atoms with E-state index >= 15 is 0 Å². The molecule has 0 aliphatic rings. The van der Waals surface area contributed by atoms with Crippen molar-refractivity contribution in [2.24, 2.45) is 0 Å². The molecule has 0 aliphatic carbocycles. The molecule has 1 heterocycles. The monoisotopic (exact) mass is 547 g/mol. The molecule has 0 spiro atoms. The molecule has 0 radical (unpaired) electrons. The van der Waals surface area contributed by atoms with Crippen molar-refractivity contribution in [1.82, 2.24) is 4.98 Å². The molecule has 0 N–H and O–H groups in total. The van der Waals surface area contributed by atoms with Gasteiger partial charge in [-0.25, -0.2) is 0 Å². The lowest BCUT2D eigenvalue weighted by atomic mass is 9.85. The molecule has 1 aromatic heterocycles. The van der Waals surface area contributed by atoms with Crippen molar-refractivity contribution in [2.75, 3.05) is 0 Å². The smallest absolute Gasteiger partial charge is 0.0378 e. The highest BCUT2D eigenvalue weighted by Crippen LogP contribution is 2.44. The van der Waals surface area contributed by atoms with Crippen molar-refractivity contribution in [2.45, 2.75) is 6.92 Å². The minimum absolute atomic E-state index is 1.03. The van der Waals surface area contributed by atoms with Crippen LogP contribution < -0.4 is 0 Å². The van der Waals surface area contributed by atoms with Gasteiger partial charge in [-0.3, -0.25) is 4.98 Å². The summed E-state index contributed by atoms with van der Waals surface area (Å²) in [6.45, 7) is 2.03. The van der Waals surface area contributed by atoms with Crippen LogP contribution in [0.3, 0.4) is 0 Å². The number of nitrogens with zero attached hydrogens (tertiary/aromatic N) is 1. The van der Waals surface area contributed by atoms with Gasteiger partial charge in [-0.2, -0.15) is 0 Å². The summed E-state index contributed by atoms with van der Waals surface area (Å²) in [5.41, 5.74) is 10.9. The Hall–Kier alpha value is -5.53. The quantitative estimate of drug-likeness (QED) is 0.200. The van der Waals surface area contributed by atoms with Crippen molar-refractivity contribution in [3.63, 3.8) is 0 Å². The van der Waals surface area contributed by atoms with Gasteiger partial charge >= 0.3 is 0 Å². The molecular formula is C42H29N. The molecule has 0 saturated carbocycles. The Morgan fingerprint density at radius 2 is 0.791 bits per heavy atom. The first-order valence-corrected chi connectivity index (χ1v) is 14.8. The predicted molar refractivity (Wildman–Crippen MR) is 183 cm³/mol. The zero-order valence-electron chi connectivity index (χ0n) is 24.0. The van der Waals surface area contributed by atoms with E-state index in [0.29, 0.717) is 0 Å². The van der Waals surface area contributed by atoms with Crippen LogP contribution in [-0.4, -0.2) is 4.98 Å². The van der Waals surface area contributed by atoms with E-state index in [1.54, 1.807) is 0 Å². The van der Waals surface area contributed by atoms with Crippen LogP contribution in [0.5, 0.6) is 0 Å². The van der Waals surface area contributed by atoms with E-state index in [2.05, 4.69) is 157 Å². The zero-order valence-corrected chi connectivity index (χ0v) is 24.0. The third-order valence-electron chi connectivity index (χ3n) is 8.59. The second-order valence-electron chi connectivity index (χ2n) is 11.2. The Morgan fingerprint density at radius 3 is 1.35 bits per heavy atom. The van der Waals surface area contributed by atoms with Crippen molar-refractivity contribution in [1.29, 1.82) is 0 Å². The molecule has 0 aliphatic heterocycles. The summed E-state index contributed by atoms with van der Waals surface area (Å²) in [7, 11) is 0. The van der Waals surface area contributed by atoms with Crippen LogP contribution >= 0.6 is 0 Å². The van der Waals surface area contributed by atoms with E-state index < -0.39 is 0 Å². The van der Waals surface area contributed by atoms with Gasteiger partial charge in [0.25, 0.3) is 0 Å². The number of hydrogen-bond donors (Lipinski definition) is 0. The molecule has 202 valence electrons. The van der Waals surface area contributed by atoms with E-state index in [9.17, 15) is 0 Å². The van der Waals surface area contributed by atoms with E-state index in [1.807, 2.05) is 13.1 Å². The third kappa shape index (κ3) is 4.47. The summed E-state index contributed by atoms with van der Waals surface area (Å²) in [5, 5.41) is 7.62. The SMILES string of the molecule is Cc1cc(-c2ccc(-c3ccc(-c4c5ccccc5c(-c5ccc6ccccc6c5)c5ccccc45)cc3)cc2)ccn1. The number of aryl methyl sites for hydroxylation is 1. The fourth-order valence-electron chi connectivity index (χ4n) is 6.50. The molecule has 0 atom stereocenters. The number of benzene rings is 7. The topological polar surface area (TPSA) is 12.9 Å². The highest BCUT2D eigenvalue weighted by molar-refractivity contribution is 6.21. The maximum absolute atomic E-state index is 4.33. The number of hydrogen-bond acceptors (Lipinski definition) is 1. The van der Waals surface area contributed by atoms with Crippen molar-refractivity contribution < 1.29 is 0 Å². The first-order valence-electron chi connectivity index (χ1n) is 14.8. The van der Waals surface area contributed by atoms with Crippen molar-refractivity contribution in [3.8, 4) is 44.5 Å². The molecule has 43 heavy (non-hydrogen) atoms. The lowest BCUT2D eigenvalue weighted by Crippen LogP contribution is -1.91. The van der Waals surface area contributed by atoms with Gasteiger partial charge in [0.2, 0.25) is 0 Å². The molecule has 0 amide bonds. The van der Waals surface area contributed by atoms with Gasteiger partial charge in [-0.1, -0.05) is 133 Å². The standard InChI is InChI=1S/C42H29N/c1-28-26-35(24-25-43-28)32-16-14-30(15-17-32)31-18-21-33(22-19-31)41-37-10-4-6-12-39(37)42(40-13-7-5-11-38(40)41)36-23-20-29-8-2-3-9-34(29)27-36/h2-27H,1H3. The second kappa shape index (κ2) is 10.4. The number of aromatic nitrogens is 1. The van der Waals surface area contributed by atoms with Crippen LogP contribution in [0, 0.1) is 6.92 Å². The average molecular weight is 548 g/mol. The van der Waals surface area contributed by atoms with E-state index in [-0.39, 0.29) is 0 Å². The second-order valence-corrected chi connectivity index (χ2v) is 11.2. The first-order chi connectivity index (χ1) is 21.2. The van der Waals surface area contributed by atoms with Crippen molar-refractivity contribution >= 4 is 32.3 Å². The summed E-state index contributed by atoms with van der Waals surface area (Å²) in [6, 6.07) is 55.2. The Kier molecular flexibility index (Phi) is 6.09. The van der Waals surface area contributed by atoms with Crippen molar-refractivity contribution in [3.05, 3.63) is 164 Å². The maximum atomic E-state index is 4.33. The maximum Gasteiger partial charge on any atom is 0.0378 e. The molecule has 1 heteroatoms. The molecule has 0 unspecified atom stereocenters. The molecule has 0 bridgehead atoms. The average Bonchev–Trinajstić information content (AvgIpc) is 3.07. The van der Waals surface area contributed by atoms with Crippen LogP contribution in [0.2, 0.25) is 0 Å². The Morgan fingerprint density at radius 1 is 0.349 bits per heavy atom. The fourth-order valence-corrected chi connectivity index (χ4v) is 6.50. The Balaban J connectivity index is 1.25. The van der Waals surface area contributed by atoms with Gasteiger partial charge in [0.15, 0.2) is 0 Å². The van der Waals surface area contributed by atoms with Crippen LogP contribution in [0.1, 0.15) is 5.69 Å². The minimum Gasteiger partial charge on any atom is -0.262 e. The molecular weight excluding hydrogens is 518 g/mol. The lowest BCUT2D eigenvalue weighted by Gasteiger charge is -2.18. The van der Waals surface area contributed by atoms with Gasteiger partial charge in [0.1, 0.15) is 0 Å². The largest absolute Gasteiger partial charge is 0.262 e. The first kappa shape index (κ1) is 25.2. The molecule has 7 aromatic carbocycles. The molecule has 1 nitrogen and oxygen atoms in total. The number of rotatable bonds is 4. The van der Waals surface area contributed by atoms with Gasteiger partial charge in [-0.05, 0) is 102 Å². The lowest BCUT2D eigenvalue weighted by molar-refractivity contribution is 1.20. The van der Waals surface area contributed by atoms with Crippen LogP contribution in [0.15, 0.2) is 158 Å². The van der Waals surface area contributed by atoms with Crippen LogP contribution in [0.4, 0.5) is 0 Å². The highest BCUT2D eigenvalue weighted by Gasteiger charge is 2.16. The summed E-state index contributed by atoms with van der Waals surface area (Å²) in [5.74, 6) is 0. The van der Waals surface area contributed by atoms with E-state index in [1.165, 1.54) is 76.8 Å². The molecule has 8 aromatic rings. The molecule has 8 rings (SSSR count). The van der Waals surface area contributed by atoms with Gasteiger partial charge in [0.05, 0.1) is 0 Å². The highest BCUT2D eigenvalue weighted by atomic mass is 14.6. The molecule has 0 fully saturated rings. The Bertz CT molecular complexity index is 2220. The van der Waals surface area contributed by atoms with E-state index in [0.717, 1.165) is 5.69 Å². The van der Waals surface area contributed by atoms with Gasteiger partial charge < -0.3 is 0 Å². The summed E-state index contributed by atoms with van der Waals surface area (Å²) < 4.78 is 0. The predicted octanol–water partition coefficient (Wildman–Crippen LogP) is 11.5. The minimum atomic E-state index is 1.03. The molecule has 0 saturated heterocycles. The third-order valence-corrected chi connectivity index (χ3v) is 8.59. The van der Waals surface area contributed by atoms with Gasteiger partial charge in [-0.15, -0.1) is 0 Å². The summed E-state index contributed by atoms with van der Waals surface area (Å²) in [6.07, 6.45) is 1.87. The summed E-state index contributed by atoms with van der Waals surface area (Å²) in [4.78, 5) is 4.33. The van der Waals surface area contributed by atoms with Crippen LogP contribution in [0.25, 0.3) is 76.8 Å². The number of pyridine rings is 1. The summed E-state index contributed by atoms with van der Waals surface area (Å²) >= 11 is 0. The van der Waals surface area contributed by atoms with Crippen LogP contribution in [-0.2, 0) is 0 Å². The fraction of sp³-hybridized carbons (Fsp3) is 0.0238. The number of fused-ring (bicyclic) bond motifs is 3. The van der Waals surface area contributed by atoms with E-state index in [4.69, 9.17) is 0 Å². The Labute approximate surface area is 251 Å². The normalized spacial score (nSPS) is 11.4. The van der Waals surface area contributed by atoms with Gasteiger partial charge in [0, 0.05) is 11.9 Å². The zero-order chi connectivity index (χ0) is 28.8.